The van der Waals surface area contributed by atoms with Crippen LogP contribution in [0.2, 0.25) is 0 Å². The molecule has 2 aromatic heterocycles. The van der Waals surface area contributed by atoms with E-state index in [4.69, 9.17) is 9.47 Å². The molecule has 5 aliphatic rings. The van der Waals surface area contributed by atoms with Gasteiger partial charge in [-0.3, -0.25) is 14.3 Å². The van der Waals surface area contributed by atoms with Crippen LogP contribution in [-0.2, 0) is 28.5 Å². The number of methoxy groups -OCH3 is 1. The number of nitrogens with zero attached hydrogens (tertiary/aromatic N) is 6. The highest BCUT2D eigenvalue weighted by Crippen LogP contribution is 2.48. The van der Waals surface area contributed by atoms with Crippen molar-refractivity contribution in [1.82, 2.24) is 33.2 Å². The van der Waals surface area contributed by atoms with E-state index in [1.54, 1.807) is 19.4 Å². The maximum atomic E-state index is 14.6. The number of aromatic nitrogens is 3. The van der Waals surface area contributed by atoms with E-state index in [1.165, 1.54) is 16.3 Å². The molecule has 3 saturated heterocycles. The zero-order valence-electron chi connectivity index (χ0n) is 31.8. The topological polar surface area (TPSA) is 131 Å². The van der Waals surface area contributed by atoms with E-state index < -0.39 is 16.1 Å². The molecule has 0 unspecified atom stereocenters. The first-order chi connectivity index (χ1) is 26.6. The Labute approximate surface area is 322 Å². The number of aryl methyl sites for hydroxylation is 1. The van der Waals surface area contributed by atoms with Crippen LogP contribution in [0.5, 0.6) is 5.75 Å². The van der Waals surface area contributed by atoms with Crippen LogP contribution >= 0.6 is 0 Å². The summed E-state index contributed by atoms with van der Waals surface area (Å²) in [5, 5.41) is 5.73. The van der Waals surface area contributed by atoms with Crippen molar-refractivity contribution in [2.24, 2.45) is 7.05 Å². The van der Waals surface area contributed by atoms with E-state index in [0.29, 0.717) is 18.0 Å². The lowest BCUT2D eigenvalue weighted by Crippen LogP contribution is -2.54. The summed E-state index contributed by atoms with van der Waals surface area (Å²) < 4.78 is 45.2. The fourth-order valence-corrected chi connectivity index (χ4v) is 11.0. The minimum atomic E-state index is -4.06. The summed E-state index contributed by atoms with van der Waals surface area (Å²) >= 11 is 0. The van der Waals surface area contributed by atoms with Crippen molar-refractivity contribution in [3.05, 3.63) is 70.5 Å². The second-order valence-corrected chi connectivity index (χ2v) is 17.5. The lowest BCUT2D eigenvalue weighted by atomic mass is 9.81. The summed E-state index contributed by atoms with van der Waals surface area (Å²) in [6, 6.07) is 12.1. The highest BCUT2D eigenvalue weighted by atomic mass is 32.2. The van der Waals surface area contributed by atoms with Gasteiger partial charge >= 0.3 is 10.2 Å². The Morgan fingerprint density at radius 2 is 1.67 bits per heavy atom. The Balaban J connectivity index is 1.19. The number of hydrogen-bond donors (Lipinski definition) is 1. The van der Waals surface area contributed by atoms with Crippen LogP contribution in [0.3, 0.4) is 0 Å². The molecule has 13 nitrogen and oxygen atoms in total. The number of amides is 2. The first kappa shape index (κ1) is 36.2. The fourth-order valence-electron chi connectivity index (χ4n) is 9.91. The van der Waals surface area contributed by atoms with Gasteiger partial charge in [0.15, 0.2) is 0 Å². The summed E-state index contributed by atoms with van der Waals surface area (Å²) in [6.07, 6.45) is 11.5. The number of fused-ring (bicyclic) bond motifs is 7. The van der Waals surface area contributed by atoms with Gasteiger partial charge in [-0.25, -0.2) is 4.72 Å². The Morgan fingerprint density at radius 3 is 2.40 bits per heavy atom. The second kappa shape index (κ2) is 14.2. The van der Waals surface area contributed by atoms with E-state index in [1.807, 2.05) is 29.9 Å². The number of benzene rings is 2. The third-order valence-corrected chi connectivity index (χ3v) is 13.9. The quantitative estimate of drug-likeness (QED) is 0.282. The molecule has 0 spiro atoms. The van der Waals surface area contributed by atoms with Crippen molar-refractivity contribution in [2.45, 2.75) is 69.5 Å². The Bertz CT molecular complexity index is 2300. The lowest BCUT2D eigenvalue weighted by Gasteiger charge is -2.39. The van der Waals surface area contributed by atoms with Gasteiger partial charge in [0.2, 0.25) is 0 Å². The van der Waals surface area contributed by atoms with Gasteiger partial charge in [-0.05, 0) is 91.8 Å². The number of morpholine rings is 1. The number of likely N-dealkylation sites (N-methyl/N-ethyl adjacent to an activating group) is 1. The molecule has 0 radical (unpaired) electrons. The van der Waals surface area contributed by atoms with E-state index in [-0.39, 0.29) is 49.9 Å². The molecule has 2 atom stereocenters. The summed E-state index contributed by atoms with van der Waals surface area (Å²) in [4.78, 5) is 32.8. The van der Waals surface area contributed by atoms with Crippen LogP contribution < -0.4 is 9.46 Å². The molecule has 1 aliphatic carbocycles. The normalized spacial score (nSPS) is 22.2. The standard InChI is InChI=1S/C41H49N7O6S/c1-44-24-30-10-11-31(25-44)48(30)41(50)35-22-42-45(2)38(35)29-19-28-20-32(53-3)12-14-33(28)39-37(26-7-5-4-6-8-26)34-13-9-27(21-36(34)47(39)23-29)40(49)43-55(51,52)46-15-17-54-18-16-46/h9,12-14,19-22,26,30-31H,4-8,10-11,15-18,23-25H2,1-3H3,(H,43,49)/t30-,31+. The SMILES string of the molecule is COc1ccc2c(c1)C=C(c1c(C(=O)N3[C@@H]4CC[C@H]3CN(C)C4)cnn1C)Cn1c-2c(C2CCCCC2)c2ccc(C(=O)NS(=O)(=O)N3CCOCC3)cc21. The predicted molar refractivity (Wildman–Crippen MR) is 210 cm³/mol. The molecule has 4 aliphatic heterocycles. The number of carbonyl (C=O) groups is 2. The Hall–Kier alpha value is -4.50. The molecule has 14 heteroatoms. The first-order valence-corrected chi connectivity index (χ1v) is 21.0. The summed E-state index contributed by atoms with van der Waals surface area (Å²) in [5.41, 5.74) is 7.70. The average molecular weight is 768 g/mol. The first-order valence-electron chi connectivity index (χ1n) is 19.6. The molecular formula is C41H49N7O6S. The Morgan fingerprint density at radius 1 is 0.927 bits per heavy atom. The van der Waals surface area contributed by atoms with Crippen LogP contribution in [0.15, 0.2) is 42.6 Å². The molecular weight excluding hydrogens is 719 g/mol. The third kappa shape index (κ3) is 6.36. The predicted octanol–water partition coefficient (Wildman–Crippen LogP) is 4.88. The van der Waals surface area contributed by atoms with Crippen molar-refractivity contribution >= 4 is 44.6 Å². The van der Waals surface area contributed by atoms with Crippen molar-refractivity contribution in [1.29, 1.82) is 0 Å². The van der Waals surface area contributed by atoms with E-state index >= 15 is 0 Å². The molecule has 2 amide bonds. The van der Waals surface area contributed by atoms with Crippen molar-refractivity contribution in [3.8, 4) is 17.0 Å². The van der Waals surface area contributed by atoms with Gasteiger partial charge in [-0.1, -0.05) is 25.3 Å². The highest BCUT2D eigenvalue weighted by Gasteiger charge is 2.43. The molecule has 2 bridgehead atoms. The molecule has 290 valence electrons. The summed E-state index contributed by atoms with van der Waals surface area (Å²) in [5.74, 6) is 0.375. The van der Waals surface area contributed by atoms with Gasteiger partial charge in [0.25, 0.3) is 11.8 Å². The van der Waals surface area contributed by atoms with Gasteiger partial charge in [0, 0.05) is 67.3 Å². The number of hydrogen-bond acceptors (Lipinski definition) is 8. The van der Waals surface area contributed by atoms with Crippen LogP contribution in [-0.4, -0.2) is 114 Å². The molecule has 9 rings (SSSR count). The number of carbonyl (C=O) groups excluding carboxylic acids is 2. The maximum absolute atomic E-state index is 14.6. The minimum Gasteiger partial charge on any atom is -0.497 e. The van der Waals surface area contributed by atoms with Crippen molar-refractivity contribution in [3.63, 3.8) is 0 Å². The van der Waals surface area contributed by atoms with E-state index in [0.717, 1.165) is 96.4 Å². The summed E-state index contributed by atoms with van der Waals surface area (Å²) in [7, 11) is 1.63. The second-order valence-electron chi connectivity index (χ2n) is 15.8. The highest BCUT2D eigenvalue weighted by molar-refractivity contribution is 7.87. The maximum Gasteiger partial charge on any atom is 0.304 e. The summed E-state index contributed by atoms with van der Waals surface area (Å²) in [6.45, 7) is 3.07. The number of allylic oxidation sites excluding steroid dienone is 1. The van der Waals surface area contributed by atoms with Crippen LogP contribution in [0.25, 0.3) is 33.8 Å². The molecule has 6 heterocycles. The number of rotatable bonds is 7. The van der Waals surface area contributed by atoms with Gasteiger partial charge in [0.1, 0.15) is 5.75 Å². The van der Waals surface area contributed by atoms with E-state index in [9.17, 15) is 18.0 Å². The number of likely N-dealkylation sites (tertiary alicyclic amines) is 1. The van der Waals surface area contributed by atoms with Crippen LogP contribution in [0.1, 0.15) is 88.4 Å². The Kier molecular flexibility index (Phi) is 9.35. The van der Waals surface area contributed by atoms with Crippen molar-refractivity contribution < 1.29 is 27.5 Å². The smallest absolute Gasteiger partial charge is 0.304 e. The number of nitrogens with one attached hydrogen (secondary N) is 1. The number of ether oxygens (including phenoxy) is 2. The zero-order valence-corrected chi connectivity index (χ0v) is 32.6. The third-order valence-electron chi connectivity index (χ3n) is 12.5. The van der Waals surface area contributed by atoms with Crippen LogP contribution in [0.4, 0.5) is 0 Å². The zero-order chi connectivity index (χ0) is 38.0. The molecule has 4 aromatic rings. The van der Waals surface area contributed by atoms with Crippen LogP contribution in [0, 0.1) is 0 Å². The molecule has 1 N–H and O–H groups in total. The number of piperazine rings is 1. The molecule has 2 aromatic carbocycles. The van der Waals surface area contributed by atoms with E-state index in [2.05, 4.69) is 49.4 Å². The van der Waals surface area contributed by atoms with Crippen molar-refractivity contribution in [2.75, 3.05) is 53.6 Å². The largest absolute Gasteiger partial charge is 0.497 e. The minimum absolute atomic E-state index is 0.0145. The van der Waals surface area contributed by atoms with Gasteiger partial charge in [0.05, 0.1) is 50.0 Å². The lowest BCUT2D eigenvalue weighted by molar-refractivity contribution is 0.0472. The monoisotopic (exact) mass is 767 g/mol. The molecule has 1 saturated carbocycles. The average Bonchev–Trinajstić information content (AvgIpc) is 3.78. The van der Waals surface area contributed by atoms with Gasteiger partial charge in [-0.2, -0.15) is 17.8 Å². The van der Waals surface area contributed by atoms with Gasteiger partial charge in [-0.15, -0.1) is 0 Å². The van der Waals surface area contributed by atoms with Gasteiger partial charge < -0.3 is 23.8 Å². The molecule has 4 fully saturated rings. The fraction of sp³-hybridized carbons (Fsp3) is 0.488. The molecule has 55 heavy (non-hydrogen) atoms.